The van der Waals surface area contributed by atoms with Crippen LogP contribution in [0.2, 0.25) is 0 Å². The second kappa shape index (κ2) is 6.37. The molecule has 1 aromatic heterocycles. The van der Waals surface area contributed by atoms with Gasteiger partial charge in [-0.25, -0.2) is 9.59 Å². The molecule has 1 rings (SSSR count). The molecule has 0 unspecified atom stereocenters. The van der Waals surface area contributed by atoms with E-state index < -0.39 is 12.0 Å². The summed E-state index contributed by atoms with van der Waals surface area (Å²) in [5.41, 5.74) is 0.324. The van der Waals surface area contributed by atoms with Gasteiger partial charge < -0.3 is 14.5 Å². The van der Waals surface area contributed by atoms with E-state index >= 15 is 0 Å². The van der Waals surface area contributed by atoms with Crippen LogP contribution in [-0.2, 0) is 9.53 Å². The number of carbonyl (C=O) groups excluding carboxylic acids is 2. The van der Waals surface area contributed by atoms with Crippen LogP contribution in [0, 0.1) is 0 Å². The summed E-state index contributed by atoms with van der Waals surface area (Å²) in [6.07, 6.45) is 1.45. The molecule has 0 radical (unpaired) electrons. The van der Waals surface area contributed by atoms with E-state index in [4.69, 9.17) is 9.15 Å². The molecule has 0 atom stereocenters. The summed E-state index contributed by atoms with van der Waals surface area (Å²) in [5.74, 6) is -0.125. The van der Waals surface area contributed by atoms with Gasteiger partial charge >= 0.3 is 12.0 Å². The van der Waals surface area contributed by atoms with E-state index in [1.807, 2.05) is 0 Å². The quantitative estimate of drug-likeness (QED) is 0.463. The van der Waals surface area contributed by atoms with E-state index in [0.29, 0.717) is 11.5 Å². The van der Waals surface area contributed by atoms with E-state index in [0.717, 1.165) is 0 Å². The van der Waals surface area contributed by atoms with Crippen LogP contribution in [0.15, 0.2) is 35.0 Å². The Morgan fingerprint density at radius 3 is 2.88 bits per heavy atom. The Hall–Kier alpha value is -2.24. The van der Waals surface area contributed by atoms with Gasteiger partial charge in [0.1, 0.15) is 6.61 Å². The molecule has 0 aliphatic carbocycles. The third-order valence-electron chi connectivity index (χ3n) is 1.73. The highest BCUT2D eigenvalue weighted by atomic mass is 16.5. The van der Waals surface area contributed by atoms with Gasteiger partial charge in [0, 0.05) is 11.6 Å². The predicted octanol–water partition coefficient (Wildman–Crippen LogP) is 1.52. The standard InChI is InChI=1S/C11H14N2O4/c1-8(2)10(14)17-7-5-12-11(15)13-9-4-3-6-16-9/h3-4,6H,1,5,7H2,2H3,(H2,12,13,15). The van der Waals surface area contributed by atoms with Gasteiger partial charge in [-0.15, -0.1) is 0 Å². The van der Waals surface area contributed by atoms with Crippen molar-refractivity contribution in [3.05, 3.63) is 30.5 Å². The molecule has 0 fully saturated rings. The first-order valence-electron chi connectivity index (χ1n) is 5.00. The maximum absolute atomic E-state index is 11.2. The number of esters is 1. The zero-order chi connectivity index (χ0) is 12.7. The highest BCUT2D eigenvalue weighted by Gasteiger charge is 2.04. The molecule has 0 saturated carbocycles. The molecule has 17 heavy (non-hydrogen) atoms. The summed E-state index contributed by atoms with van der Waals surface area (Å²) in [7, 11) is 0. The van der Waals surface area contributed by atoms with E-state index in [1.54, 1.807) is 19.1 Å². The molecule has 0 aliphatic rings. The lowest BCUT2D eigenvalue weighted by Crippen LogP contribution is -2.31. The van der Waals surface area contributed by atoms with Crippen molar-refractivity contribution in [2.24, 2.45) is 0 Å². The van der Waals surface area contributed by atoms with Crippen molar-refractivity contribution < 1.29 is 18.7 Å². The minimum absolute atomic E-state index is 0.0945. The van der Waals surface area contributed by atoms with Gasteiger partial charge in [-0.05, 0) is 13.0 Å². The number of hydrogen-bond acceptors (Lipinski definition) is 4. The minimum atomic E-state index is -0.474. The number of carbonyl (C=O) groups is 2. The molecular formula is C11H14N2O4. The molecule has 0 saturated heterocycles. The molecule has 2 N–H and O–H groups in total. The molecule has 92 valence electrons. The highest BCUT2D eigenvalue weighted by Crippen LogP contribution is 2.05. The number of rotatable bonds is 5. The normalized spacial score (nSPS) is 9.47. The number of nitrogens with one attached hydrogen (secondary N) is 2. The van der Waals surface area contributed by atoms with Gasteiger partial charge in [-0.3, -0.25) is 5.32 Å². The van der Waals surface area contributed by atoms with Crippen LogP contribution in [0.3, 0.4) is 0 Å². The van der Waals surface area contributed by atoms with Crippen LogP contribution < -0.4 is 10.6 Å². The first-order chi connectivity index (χ1) is 8.09. The summed E-state index contributed by atoms with van der Waals surface area (Å²) in [6.45, 7) is 5.30. The lowest BCUT2D eigenvalue weighted by molar-refractivity contribution is -0.138. The summed E-state index contributed by atoms with van der Waals surface area (Å²) >= 11 is 0. The van der Waals surface area contributed by atoms with Crippen molar-refractivity contribution in [2.45, 2.75) is 6.92 Å². The Labute approximate surface area is 98.6 Å². The Kier molecular flexibility index (Phi) is 4.80. The monoisotopic (exact) mass is 238 g/mol. The lowest BCUT2D eigenvalue weighted by atomic mass is 10.4. The molecule has 6 heteroatoms. The van der Waals surface area contributed by atoms with E-state index in [1.165, 1.54) is 6.26 Å². The number of ether oxygens (including phenoxy) is 1. The lowest BCUT2D eigenvalue weighted by Gasteiger charge is -2.06. The minimum Gasteiger partial charge on any atom is -0.460 e. The van der Waals surface area contributed by atoms with Crippen molar-refractivity contribution in [3.63, 3.8) is 0 Å². The zero-order valence-electron chi connectivity index (χ0n) is 9.49. The second-order valence-corrected chi connectivity index (χ2v) is 3.27. The molecule has 2 amide bonds. The molecule has 1 heterocycles. The first-order valence-corrected chi connectivity index (χ1v) is 5.00. The Morgan fingerprint density at radius 1 is 1.53 bits per heavy atom. The maximum Gasteiger partial charge on any atom is 0.333 e. The fraction of sp³-hybridized carbons (Fsp3) is 0.273. The summed E-state index contributed by atoms with van der Waals surface area (Å²) in [5, 5.41) is 4.96. The van der Waals surface area contributed by atoms with E-state index in [-0.39, 0.29) is 13.2 Å². The molecule has 0 spiro atoms. The van der Waals surface area contributed by atoms with E-state index in [9.17, 15) is 9.59 Å². The van der Waals surface area contributed by atoms with Gasteiger partial charge in [0.05, 0.1) is 12.8 Å². The Balaban J connectivity index is 2.12. The van der Waals surface area contributed by atoms with E-state index in [2.05, 4.69) is 17.2 Å². The van der Waals surface area contributed by atoms with Crippen molar-refractivity contribution in [1.29, 1.82) is 0 Å². The summed E-state index contributed by atoms with van der Waals surface area (Å²) in [4.78, 5) is 22.2. The van der Waals surface area contributed by atoms with Gasteiger partial charge in [0.15, 0.2) is 0 Å². The molecule has 1 aromatic rings. The average molecular weight is 238 g/mol. The summed E-state index contributed by atoms with van der Waals surface area (Å²) < 4.78 is 9.70. The zero-order valence-corrected chi connectivity index (χ0v) is 9.49. The second-order valence-electron chi connectivity index (χ2n) is 3.27. The smallest absolute Gasteiger partial charge is 0.333 e. The Morgan fingerprint density at radius 2 is 2.29 bits per heavy atom. The molecule has 0 bridgehead atoms. The van der Waals surface area contributed by atoms with Crippen molar-refractivity contribution in [2.75, 3.05) is 18.5 Å². The fourth-order valence-electron chi connectivity index (χ4n) is 0.937. The van der Waals surface area contributed by atoms with Crippen LogP contribution in [0.25, 0.3) is 0 Å². The third kappa shape index (κ3) is 4.87. The SMILES string of the molecule is C=C(C)C(=O)OCCNC(=O)Nc1ccco1. The summed E-state index contributed by atoms with van der Waals surface area (Å²) in [6, 6.07) is 2.84. The molecule has 0 aliphatic heterocycles. The Bertz CT molecular complexity index is 398. The molecule has 6 nitrogen and oxygen atoms in total. The predicted molar refractivity (Wildman–Crippen MR) is 61.5 cm³/mol. The van der Waals surface area contributed by atoms with Gasteiger partial charge in [-0.2, -0.15) is 0 Å². The van der Waals surface area contributed by atoms with Gasteiger partial charge in [-0.1, -0.05) is 6.58 Å². The van der Waals surface area contributed by atoms with Gasteiger partial charge in [0.25, 0.3) is 0 Å². The maximum atomic E-state index is 11.2. The fourth-order valence-corrected chi connectivity index (χ4v) is 0.937. The average Bonchev–Trinajstić information content (AvgIpc) is 2.76. The van der Waals surface area contributed by atoms with Crippen molar-refractivity contribution in [3.8, 4) is 0 Å². The number of urea groups is 1. The van der Waals surface area contributed by atoms with Crippen molar-refractivity contribution in [1.82, 2.24) is 5.32 Å². The molecule has 0 aromatic carbocycles. The van der Waals surface area contributed by atoms with Crippen LogP contribution in [0.1, 0.15) is 6.92 Å². The third-order valence-corrected chi connectivity index (χ3v) is 1.73. The highest BCUT2D eigenvalue weighted by molar-refractivity contribution is 5.88. The van der Waals surface area contributed by atoms with Crippen LogP contribution >= 0.6 is 0 Å². The molecular weight excluding hydrogens is 224 g/mol. The number of anilines is 1. The first kappa shape index (κ1) is 12.8. The number of furan rings is 1. The van der Waals surface area contributed by atoms with Gasteiger partial charge in [0.2, 0.25) is 5.88 Å². The van der Waals surface area contributed by atoms with Crippen LogP contribution in [0.4, 0.5) is 10.7 Å². The topological polar surface area (TPSA) is 80.6 Å². The number of amides is 2. The van der Waals surface area contributed by atoms with Crippen molar-refractivity contribution >= 4 is 17.9 Å². The largest absolute Gasteiger partial charge is 0.460 e. The van der Waals surface area contributed by atoms with Crippen LogP contribution in [0.5, 0.6) is 0 Å². The number of hydrogen-bond donors (Lipinski definition) is 2. The van der Waals surface area contributed by atoms with Crippen LogP contribution in [-0.4, -0.2) is 25.2 Å².